The molecule has 0 atom stereocenters. The highest BCUT2D eigenvalue weighted by Gasteiger charge is 2.20. The van der Waals surface area contributed by atoms with Crippen LogP contribution in [0.4, 0.5) is 0 Å². The van der Waals surface area contributed by atoms with Crippen LogP contribution in [0.2, 0.25) is 0 Å². The van der Waals surface area contributed by atoms with Crippen molar-refractivity contribution in [2.45, 2.75) is 32.6 Å². The van der Waals surface area contributed by atoms with Crippen LogP contribution in [0.5, 0.6) is 5.75 Å². The van der Waals surface area contributed by atoms with E-state index in [-0.39, 0.29) is 17.8 Å². The van der Waals surface area contributed by atoms with E-state index in [4.69, 9.17) is 0 Å². The van der Waals surface area contributed by atoms with Gasteiger partial charge in [0, 0.05) is 5.41 Å². The minimum Gasteiger partial charge on any atom is -0.508 e. The van der Waals surface area contributed by atoms with Gasteiger partial charge in [0.15, 0.2) is 0 Å². The van der Waals surface area contributed by atoms with E-state index in [1.165, 1.54) is 0 Å². The molecule has 0 fully saturated rings. The Bertz CT molecular complexity index is 316. The van der Waals surface area contributed by atoms with Gasteiger partial charge in [-0.05, 0) is 29.7 Å². The molecule has 0 bridgehead atoms. The third-order valence-corrected chi connectivity index (χ3v) is 2.56. The van der Waals surface area contributed by atoms with Gasteiger partial charge in [0.2, 0.25) is 0 Å². The van der Waals surface area contributed by atoms with Crippen LogP contribution < -0.4 is 0 Å². The maximum atomic E-state index is 9.50. The van der Waals surface area contributed by atoms with E-state index in [1.54, 1.807) is 12.1 Å². The maximum absolute atomic E-state index is 9.50. The highest BCUT2D eigenvalue weighted by atomic mass is 16.3. The highest BCUT2D eigenvalue weighted by Crippen LogP contribution is 2.27. The fourth-order valence-corrected chi connectivity index (χ4v) is 1.36. The number of benzene rings is 1. The zero-order valence-electron chi connectivity index (χ0n) is 9.04. The molecule has 1 aromatic rings. The second-order valence-corrected chi connectivity index (χ2v) is 4.28. The topological polar surface area (TPSA) is 40.5 Å². The van der Waals surface area contributed by atoms with Crippen molar-refractivity contribution in [3.63, 3.8) is 0 Å². The van der Waals surface area contributed by atoms with Crippen molar-refractivity contribution >= 4 is 0 Å². The summed E-state index contributed by atoms with van der Waals surface area (Å²) in [6, 6.07) is 5.52. The van der Waals surface area contributed by atoms with Gasteiger partial charge in [0.05, 0.1) is 6.61 Å². The molecule has 2 heteroatoms. The molecule has 2 nitrogen and oxygen atoms in total. The monoisotopic (exact) mass is 194 g/mol. The first-order chi connectivity index (χ1) is 6.49. The number of aryl methyl sites for hydroxylation is 1. The van der Waals surface area contributed by atoms with Crippen LogP contribution >= 0.6 is 0 Å². The molecular formula is C12H18O2. The summed E-state index contributed by atoms with van der Waals surface area (Å²) in [6.45, 7) is 6.05. The van der Waals surface area contributed by atoms with E-state index in [2.05, 4.69) is 0 Å². The first-order valence-electron chi connectivity index (χ1n) is 4.94. The lowest BCUT2D eigenvalue weighted by Gasteiger charge is -2.23. The molecule has 0 spiro atoms. The average molecular weight is 194 g/mol. The number of aromatic hydroxyl groups is 1. The van der Waals surface area contributed by atoms with Gasteiger partial charge in [-0.2, -0.15) is 0 Å². The molecule has 0 unspecified atom stereocenters. The lowest BCUT2D eigenvalue weighted by Crippen LogP contribution is -2.22. The molecule has 1 aromatic carbocycles. The summed E-state index contributed by atoms with van der Waals surface area (Å²) >= 11 is 0. The minimum atomic E-state index is -0.289. The number of aliphatic hydroxyl groups excluding tert-OH is 1. The Morgan fingerprint density at radius 1 is 1.21 bits per heavy atom. The standard InChI is InChI=1S/C12H18O2/c1-4-9-5-10(7-11(14)6-9)12(2,3)8-13/h5-7,13-14H,4,8H2,1-3H3. The Labute approximate surface area is 85.2 Å². The van der Waals surface area contributed by atoms with E-state index in [0.29, 0.717) is 0 Å². The number of phenolic OH excluding ortho intramolecular Hbond substituents is 1. The molecule has 0 amide bonds. The molecular weight excluding hydrogens is 176 g/mol. The van der Waals surface area contributed by atoms with Crippen LogP contribution in [0.25, 0.3) is 0 Å². The molecule has 0 aliphatic carbocycles. The molecule has 0 heterocycles. The quantitative estimate of drug-likeness (QED) is 0.774. The molecule has 78 valence electrons. The van der Waals surface area contributed by atoms with Gasteiger partial charge in [-0.25, -0.2) is 0 Å². The lowest BCUT2D eigenvalue weighted by atomic mass is 9.84. The summed E-state index contributed by atoms with van der Waals surface area (Å²) < 4.78 is 0. The third kappa shape index (κ3) is 2.26. The van der Waals surface area contributed by atoms with E-state index in [9.17, 15) is 10.2 Å². The Morgan fingerprint density at radius 2 is 1.86 bits per heavy atom. The van der Waals surface area contributed by atoms with Crippen LogP contribution in [0.3, 0.4) is 0 Å². The number of rotatable bonds is 3. The van der Waals surface area contributed by atoms with Gasteiger partial charge in [-0.3, -0.25) is 0 Å². The smallest absolute Gasteiger partial charge is 0.116 e. The van der Waals surface area contributed by atoms with E-state index in [0.717, 1.165) is 17.5 Å². The van der Waals surface area contributed by atoms with Crippen molar-refractivity contribution in [2.24, 2.45) is 0 Å². The van der Waals surface area contributed by atoms with E-state index >= 15 is 0 Å². The SMILES string of the molecule is CCc1cc(O)cc(C(C)(C)CO)c1. The van der Waals surface area contributed by atoms with Crippen LogP contribution in [0, 0.1) is 0 Å². The first-order valence-corrected chi connectivity index (χ1v) is 4.94. The van der Waals surface area contributed by atoms with Crippen LogP contribution in [0.15, 0.2) is 18.2 Å². The summed E-state index contributed by atoms with van der Waals surface area (Å²) in [7, 11) is 0. The molecule has 0 radical (unpaired) electrons. The van der Waals surface area contributed by atoms with Gasteiger partial charge in [-0.15, -0.1) is 0 Å². The second kappa shape index (κ2) is 4.01. The molecule has 0 aliphatic heterocycles. The van der Waals surface area contributed by atoms with E-state index in [1.807, 2.05) is 26.8 Å². The number of aliphatic hydroxyl groups is 1. The molecule has 0 aliphatic rings. The number of phenols is 1. The first kappa shape index (κ1) is 11.1. The summed E-state index contributed by atoms with van der Waals surface area (Å²) in [4.78, 5) is 0. The Balaban J connectivity index is 3.15. The van der Waals surface area contributed by atoms with Crippen LogP contribution in [-0.2, 0) is 11.8 Å². The summed E-state index contributed by atoms with van der Waals surface area (Å²) in [5, 5.41) is 18.7. The summed E-state index contributed by atoms with van der Waals surface area (Å²) in [5.74, 6) is 0.279. The van der Waals surface area contributed by atoms with Crippen LogP contribution in [0.1, 0.15) is 31.9 Å². The normalized spacial score (nSPS) is 11.7. The highest BCUT2D eigenvalue weighted by molar-refractivity contribution is 5.37. The average Bonchev–Trinajstić information content (AvgIpc) is 2.16. The molecule has 0 aromatic heterocycles. The summed E-state index contributed by atoms with van der Waals surface area (Å²) in [6.07, 6.45) is 0.892. The predicted molar refractivity (Wildman–Crippen MR) is 57.6 cm³/mol. The molecule has 14 heavy (non-hydrogen) atoms. The van der Waals surface area contributed by atoms with Crippen molar-refractivity contribution in [1.82, 2.24) is 0 Å². The van der Waals surface area contributed by atoms with Crippen molar-refractivity contribution in [1.29, 1.82) is 0 Å². The van der Waals surface area contributed by atoms with Crippen molar-refractivity contribution < 1.29 is 10.2 Å². The minimum absolute atomic E-state index is 0.0829. The zero-order chi connectivity index (χ0) is 10.8. The van der Waals surface area contributed by atoms with Gasteiger partial charge in [0.25, 0.3) is 0 Å². The molecule has 1 rings (SSSR count). The Hall–Kier alpha value is -1.02. The van der Waals surface area contributed by atoms with Crippen molar-refractivity contribution in [3.05, 3.63) is 29.3 Å². The van der Waals surface area contributed by atoms with Crippen molar-refractivity contribution in [3.8, 4) is 5.75 Å². The second-order valence-electron chi connectivity index (χ2n) is 4.28. The van der Waals surface area contributed by atoms with Crippen LogP contribution in [-0.4, -0.2) is 16.8 Å². The third-order valence-electron chi connectivity index (χ3n) is 2.56. The molecule has 2 N–H and O–H groups in total. The predicted octanol–water partition coefficient (Wildman–Crippen LogP) is 2.22. The van der Waals surface area contributed by atoms with Crippen molar-refractivity contribution in [2.75, 3.05) is 6.61 Å². The van der Waals surface area contributed by atoms with Gasteiger partial charge in [0.1, 0.15) is 5.75 Å². The Morgan fingerprint density at radius 3 is 2.36 bits per heavy atom. The zero-order valence-corrected chi connectivity index (χ0v) is 9.04. The molecule has 0 saturated heterocycles. The Kier molecular flexibility index (Phi) is 3.17. The van der Waals surface area contributed by atoms with Gasteiger partial charge >= 0.3 is 0 Å². The summed E-state index contributed by atoms with van der Waals surface area (Å²) in [5.41, 5.74) is 1.79. The maximum Gasteiger partial charge on any atom is 0.116 e. The molecule has 0 saturated carbocycles. The van der Waals surface area contributed by atoms with Gasteiger partial charge in [-0.1, -0.05) is 26.8 Å². The number of hydrogen-bond acceptors (Lipinski definition) is 2. The fraction of sp³-hybridized carbons (Fsp3) is 0.500. The largest absolute Gasteiger partial charge is 0.508 e. The van der Waals surface area contributed by atoms with E-state index < -0.39 is 0 Å². The fourth-order valence-electron chi connectivity index (χ4n) is 1.36. The van der Waals surface area contributed by atoms with Gasteiger partial charge < -0.3 is 10.2 Å². The number of hydrogen-bond donors (Lipinski definition) is 2. The lowest BCUT2D eigenvalue weighted by molar-refractivity contribution is 0.218.